The van der Waals surface area contributed by atoms with E-state index in [0.29, 0.717) is 5.69 Å². The lowest BCUT2D eigenvalue weighted by Gasteiger charge is -2.19. The van der Waals surface area contributed by atoms with Gasteiger partial charge < -0.3 is 10.6 Å². The van der Waals surface area contributed by atoms with Crippen LogP contribution in [-0.4, -0.2) is 5.91 Å². The summed E-state index contributed by atoms with van der Waals surface area (Å²) in [7, 11) is 0. The minimum atomic E-state index is -0.548. The molecule has 0 fully saturated rings. The summed E-state index contributed by atoms with van der Waals surface area (Å²) < 4.78 is 13.3. The first kappa shape index (κ1) is 20.1. The van der Waals surface area contributed by atoms with E-state index in [-0.39, 0.29) is 10.6 Å². The molecular weight excluding hydrogens is 389 g/mol. The summed E-state index contributed by atoms with van der Waals surface area (Å²) in [5.41, 5.74) is 2.12. The maximum Gasteiger partial charge on any atom is 0.264 e. The smallest absolute Gasteiger partial charge is 0.264 e. The number of benzene rings is 3. The van der Waals surface area contributed by atoms with Crippen LogP contribution in [-0.2, 0) is 4.79 Å². The zero-order valence-corrected chi connectivity index (χ0v) is 16.0. The minimum Gasteiger partial charge on any atom is -0.360 e. The second-order valence-corrected chi connectivity index (χ2v) is 6.58. The van der Waals surface area contributed by atoms with Crippen LogP contribution in [0.15, 0.2) is 90.6 Å². The SMILES string of the molecule is N#C/C(=C/Nc1ccc(F)c(Cl)c1)C(=O)NC(c1ccccc1)c1ccccc1. The molecule has 3 rings (SSSR count). The number of hydrogen-bond acceptors (Lipinski definition) is 3. The van der Waals surface area contributed by atoms with Crippen molar-refractivity contribution < 1.29 is 9.18 Å². The van der Waals surface area contributed by atoms with Gasteiger partial charge >= 0.3 is 0 Å². The Morgan fingerprint density at radius 1 is 1.00 bits per heavy atom. The van der Waals surface area contributed by atoms with Crippen LogP contribution in [0.4, 0.5) is 10.1 Å². The second kappa shape index (κ2) is 9.54. The van der Waals surface area contributed by atoms with E-state index in [2.05, 4.69) is 10.6 Å². The monoisotopic (exact) mass is 405 g/mol. The predicted octanol–water partition coefficient (Wildman–Crippen LogP) is 5.20. The highest BCUT2D eigenvalue weighted by atomic mass is 35.5. The van der Waals surface area contributed by atoms with Crippen LogP contribution in [0, 0.1) is 17.1 Å². The summed E-state index contributed by atoms with van der Waals surface area (Å²) in [6.07, 6.45) is 1.27. The van der Waals surface area contributed by atoms with E-state index in [1.807, 2.05) is 66.7 Å². The molecule has 1 amide bonds. The average Bonchev–Trinajstić information content (AvgIpc) is 2.76. The van der Waals surface area contributed by atoms with Gasteiger partial charge in [-0.1, -0.05) is 72.3 Å². The number of carbonyl (C=O) groups excluding carboxylic acids is 1. The van der Waals surface area contributed by atoms with Crippen molar-refractivity contribution in [2.75, 3.05) is 5.32 Å². The topological polar surface area (TPSA) is 64.9 Å². The quantitative estimate of drug-likeness (QED) is 0.437. The highest BCUT2D eigenvalue weighted by Crippen LogP contribution is 2.23. The van der Waals surface area contributed by atoms with Gasteiger partial charge in [-0.2, -0.15) is 5.26 Å². The maximum absolute atomic E-state index is 13.3. The molecule has 0 saturated carbocycles. The van der Waals surface area contributed by atoms with E-state index in [4.69, 9.17) is 11.6 Å². The second-order valence-electron chi connectivity index (χ2n) is 6.17. The molecule has 0 saturated heterocycles. The lowest BCUT2D eigenvalue weighted by molar-refractivity contribution is -0.117. The van der Waals surface area contributed by atoms with Crippen LogP contribution in [0.1, 0.15) is 17.2 Å². The largest absolute Gasteiger partial charge is 0.360 e. The van der Waals surface area contributed by atoms with Crippen molar-refractivity contribution in [3.05, 3.63) is 113 Å². The summed E-state index contributed by atoms with van der Waals surface area (Å²) in [6.45, 7) is 0. The highest BCUT2D eigenvalue weighted by Gasteiger charge is 2.19. The fourth-order valence-electron chi connectivity index (χ4n) is 2.75. The zero-order valence-electron chi connectivity index (χ0n) is 15.3. The Balaban J connectivity index is 1.82. The van der Waals surface area contributed by atoms with Crippen molar-refractivity contribution >= 4 is 23.2 Å². The number of carbonyl (C=O) groups is 1. The fraction of sp³-hybridized carbons (Fsp3) is 0.0435. The van der Waals surface area contributed by atoms with Gasteiger partial charge in [-0.3, -0.25) is 4.79 Å². The number of rotatable bonds is 6. The first-order valence-electron chi connectivity index (χ1n) is 8.81. The molecule has 0 bridgehead atoms. The van der Waals surface area contributed by atoms with Gasteiger partial charge in [0.15, 0.2) is 0 Å². The minimum absolute atomic E-state index is 0.0559. The number of nitrogens with one attached hydrogen (secondary N) is 2. The van der Waals surface area contributed by atoms with Crippen molar-refractivity contribution in [1.82, 2.24) is 5.32 Å². The summed E-state index contributed by atoms with van der Waals surface area (Å²) in [6, 6.07) is 24.5. The van der Waals surface area contributed by atoms with E-state index in [1.165, 1.54) is 24.4 Å². The molecule has 0 radical (unpaired) electrons. The lowest BCUT2D eigenvalue weighted by atomic mass is 9.98. The van der Waals surface area contributed by atoms with Crippen LogP contribution < -0.4 is 10.6 Å². The molecule has 4 nitrogen and oxygen atoms in total. The molecule has 0 aliphatic rings. The van der Waals surface area contributed by atoms with Gasteiger partial charge in [-0.05, 0) is 29.3 Å². The number of nitriles is 1. The van der Waals surface area contributed by atoms with E-state index in [0.717, 1.165) is 11.1 Å². The van der Waals surface area contributed by atoms with Crippen LogP contribution in [0.25, 0.3) is 0 Å². The lowest BCUT2D eigenvalue weighted by Crippen LogP contribution is -2.30. The number of halogens is 2. The average molecular weight is 406 g/mol. The number of amides is 1. The third-order valence-corrected chi connectivity index (χ3v) is 4.50. The normalized spacial score (nSPS) is 11.0. The molecular formula is C23H17ClFN3O. The van der Waals surface area contributed by atoms with Gasteiger partial charge in [0, 0.05) is 11.9 Å². The number of nitrogens with zero attached hydrogens (tertiary/aromatic N) is 1. The molecule has 0 aliphatic heterocycles. The van der Waals surface area contributed by atoms with E-state index in [1.54, 1.807) is 0 Å². The third-order valence-electron chi connectivity index (χ3n) is 4.21. The van der Waals surface area contributed by atoms with Crippen molar-refractivity contribution in [2.45, 2.75) is 6.04 Å². The van der Waals surface area contributed by atoms with Crippen molar-refractivity contribution in [3.63, 3.8) is 0 Å². The van der Waals surface area contributed by atoms with Gasteiger partial charge in [0.1, 0.15) is 17.5 Å². The van der Waals surface area contributed by atoms with Crippen LogP contribution in [0.3, 0.4) is 0 Å². The molecule has 0 heterocycles. The number of anilines is 1. The molecule has 6 heteroatoms. The van der Waals surface area contributed by atoms with Crippen LogP contribution in [0.2, 0.25) is 5.02 Å². The Morgan fingerprint density at radius 3 is 2.10 bits per heavy atom. The van der Waals surface area contributed by atoms with Crippen molar-refractivity contribution in [2.24, 2.45) is 0 Å². The first-order valence-corrected chi connectivity index (χ1v) is 9.19. The molecule has 2 N–H and O–H groups in total. The molecule has 0 unspecified atom stereocenters. The van der Waals surface area contributed by atoms with E-state index < -0.39 is 17.8 Å². The summed E-state index contributed by atoms with van der Waals surface area (Å²) in [5, 5.41) is 15.1. The summed E-state index contributed by atoms with van der Waals surface area (Å²) >= 11 is 5.75. The molecule has 3 aromatic rings. The van der Waals surface area contributed by atoms with E-state index in [9.17, 15) is 14.4 Å². The zero-order chi connectivity index (χ0) is 20.6. The molecule has 29 heavy (non-hydrogen) atoms. The van der Waals surface area contributed by atoms with Crippen LogP contribution in [0.5, 0.6) is 0 Å². The Hall–Kier alpha value is -3.62. The third kappa shape index (κ3) is 5.22. The highest BCUT2D eigenvalue weighted by molar-refractivity contribution is 6.31. The molecule has 0 atom stereocenters. The van der Waals surface area contributed by atoms with Crippen LogP contribution >= 0.6 is 11.6 Å². The molecule has 0 aliphatic carbocycles. The van der Waals surface area contributed by atoms with Gasteiger partial charge in [-0.25, -0.2) is 4.39 Å². The van der Waals surface area contributed by atoms with Gasteiger partial charge in [0.2, 0.25) is 0 Å². The Morgan fingerprint density at radius 2 is 1.59 bits per heavy atom. The Labute approximate surface area is 173 Å². The summed E-state index contributed by atoms with van der Waals surface area (Å²) in [5.74, 6) is -1.08. The first-order chi connectivity index (χ1) is 14.1. The predicted molar refractivity (Wildman–Crippen MR) is 112 cm³/mol. The summed E-state index contributed by atoms with van der Waals surface area (Å²) in [4.78, 5) is 12.7. The standard InChI is InChI=1S/C23H17ClFN3O/c24-20-13-19(11-12-21(20)25)27-15-18(14-26)23(29)28-22(16-7-3-1-4-8-16)17-9-5-2-6-10-17/h1-13,15,22,27H,(H,28,29)/b18-15-. The molecule has 0 aromatic heterocycles. The Kier molecular flexibility index (Phi) is 6.62. The van der Waals surface area contributed by atoms with Gasteiger partial charge in [0.25, 0.3) is 5.91 Å². The van der Waals surface area contributed by atoms with Gasteiger partial charge in [-0.15, -0.1) is 0 Å². The molecule has 3 aromatic carbocycles. The molecule has 144 valence electrons. The Bertz CT molecular complexity index is 1020. The van der Waals surface area contributed by atoms with Crippen molar-refractivity contribution in [1.29, 1.82) is 5.26 Å². The van der Waals surface area contributed by atoms with E-state index >= 15 is 0 Å². The number of hydrogen-bond donors (Lipinski definition) is 2. The molecule has 0 spiro atoms. The van der Waals surface area contributed by atoms with Gasteiger partial charge in [0.05, 0.1) is 11.1 Å². The fourth-order valence-corrected chi connectivity index (χ4v) is 2.93. The maximum atomic E-state index is 13.3. The van der Waals surface area contributed by atoms with Crippen molar-refractivity contribution in [3.8, 4) is 6.07 Å².